The van der Waals surface area contributed by atoms with E-state index in [2.05, 4.69) is 32.5 Å². The normalized spacial score (nSPS) is 18.5. The van der Waals surface area contributed by atoms with Crippen molar-refractivity contribution in [3.05, 3.63) is 47.3 Å². The molecule has 1 aliphatic heterocycles. The zero-order valence-corrected chi connectivity index (χ0v) is 13.6. The molecule has 0 atom stereocenters. The van der Waals surface area contributed by atoms with Gasteiger partial charge in [0.15, 0.2) is 5.69 Å². The number of hydrogen-bond acceptors (Lipinski definition) is 4. The summed E-state index contributed by atoms with van der Waals surface area (Å²) in [5.41, 5.74) is 3.56. The predicted molar refractivity (Wildman–Crippen MR) is 91.1 cm³/mol. The Morgan fingerprint density at radius 1 is 1.25 bits per heavy atom. The molecule has 2 aromatic rings. The van der Waals surface area contributed by atoms with Crippen LogP contribution in [0.25, 0.3) is 0 Å². The van der Waals surface area contributed by atoms with E-state index in [1.807, 2.05) is 18.2 Å². The Labute approximate surface area is 141 Å². The van der Waals surface area contributed by atoms with Crippen molar-refractivity contribution in [2.75, 3.05) is 31.6 Å². The minimum absolute atomic E-state index is 0.168. The van der Waals surface area contributed by atoms with Gasteiger partial charge in [-0.1, -0.05) is 12.1 Å². The van der Waals surface area contributed by atoms with Crippen LogP contribution in [0, 0.1) is 0 Å². The van der Waals surface area contributed by atoms with Crippen molar-refractivity contribution in [3.8, 4) is 0 Å². The Bertz CT molecular complexity index is 700. The highest BCUT2D eigenvalue weighted by atomic mass is 16.5. The van der Waals surface area contributed by atoms with Crippen LogP contribution in [0.5, 0.6) is 0 Å². The number of aromatic nitrogens is 2. The van der Waals surface area contributed by atoms with Crippen molar-refractivity contribution in [3.63, 3.8) is 0 Å². The molecular formula is C18H22N4O2. The Morgan fingerprint density at radius 2 is 2.00 bits per heavy atom. The van der Waals surface area contributed by atoms with Gasteiger partial charge in [-0.25, -0.2) is 0 Å². The molecule has 24 heavy (non-hydrogen) atoms. The molecule has 1 aromatic carbocycles. The summed E-state index contributed by atoms with van der Waals surface area (Å²) < 4.78 is 5.36. The van der Waals surface area contributed by atoms with E-state index < -0.39 is 0 Å². The molecule has 1 aromatic heterocycles. The number of carbonyl (C=O) groups is 1. The van der Waals surface area contributed by atoms with Gasteiger partial charge in [-0.05, 0) is 36.6 Å². The van der Waals surface area contributed by atoms with Crippen LogP contribution < -0.4 is 5.32 Å². The molecule has 1 aliphatic carbocycles. The number of hydrogen-bond donors (Lipinski definition) is 2. The minimum atomic E-state index is -0.168. The molecule has 6 heteroatoms. The first-order valence-corrected chi connectivity index (χ1v) is 8.53. The molecule has 0 spiro atoms. The van der Waals surface area contributed by atoms with Gasteiger partial charge in [-0.3, -0.25) is 14.8 Å². The quantitative estimate of drug-likeness (QED) is 0.885. The third-order valence-electron chi connectivity index (χ3n) is 4.57. The van der Waals surface area contributed by atoms with Crippen LogP contribution in [0.1, 0.15) is 40.5 Å². The van der Waals surface area contributed by atoms with Crippen molar-refractivity contribution >= 4 is 11.6 Å². The molecule has 1 saturated carbocycles. The summed E-state index contributed by atoms with van der Waals surface area (Å²) in [5, 5.41) is 9.98. The summed E-state index contributed by atoms with van der Waals surface area (Å²) in [6.45, 7) is 4.48. The number of nitrogens with zero attached hydrogens (tertiary/aromatic N) is 2. The number of nitrogens with one attached hydrogen (secondary N) is 2. The molecule has 126 valence electrons. The van der Waals surface area contributed by atoms with Crippen LogP contribution >= 0.6 is 0 Å². The van der Waals surface area contributed by atoms with Crippen molar-refractivity contribution in [2.45, 2.75) is 25.3 Å². The van der Waals surface area contributed by atoms with Crippen molar-refractivity contribution in [1.29, 1.82) is 0 Å². The lowest BCUT2D eigenvalue weighted by Crippen LogP contribution is -2.35. The molecule has 1 amide bonds. The van der Waals surface area contributed by atoms with E-state index >= 15 is 0 Å². The standard InChI is InChI=1S/C18H22N4O2/c23-18(17-11-16(20-21-17)14-3-4-14)19-15-5-1-13(2-6-15)12-22-7-9-24-10-8-22/h1-2,5-6,11,14H,3-4,7-10,12H2,(H,19,23)(H,20,21). The van der Waals surface area contributed by atoms with Crippen LogP contribution in [0.4, 0.5) is 5.69 Å². The average molecular weight is 326 g/mol. The van der Waals surface area contributed by atoms with Crippen LogP contribution in [0.15, 0.2) is 30.3 Å². The summed E-state index contributed by atoms with van der Waals surface area (Å²) in [6.07, 6.45) is 2.38. The molecule has 0 radical (unpaired) electrons. The molecule has 2 aliphatic rings. The number of morpholine rings is 1. The SMILES string of the molecule is O=C(Nc1ccc(CN2CCOCC2)cc1)c1cc(C2CC2)[nH]n1. The van der Waals surface area contributed by atoms with Gasteiger partial charge < -0.3 is 10.1 Å². The number of ether oxygens (including phenoxy) is 1. The van der Waals surface area contributed by atoms with Crippen molar-refractivity contribution in [2.24, 2.45) is 0 Å². The molecule has 1 saturated heterocycles. The third-order valence-corrected chi connectivity index (χ3v) is 4.57. The fraction of sp³-hybridized carbons (Fsp3) is 0.444. The van der Waals surface area contributed by atoms with Gasteiger partial charge in [-0.15, -0.1) is 0 Å². The minimum Gasteiger partial charge on any atom is -0.379 e. The van der Waals surface area contributed by atoms with Crippen molar-refractivity contribution in [1.82, 2.24) is 15.1 Å². The zero-order valence-electron chi connectivity index (χ0n) is 13.6. The predicted octanol–water partition coefficient (Wildman–Crippen LogP) is 2.37. The van der Waals surface area contributed by atoms with Crippen LogP contribution in [-0.4, -0.2) is 47.3 Å². The number of anilines is 1. The van der Waals surface area contributed by atoms with E-state index in [-0.39, 0.29) is 5.91 Å². The van der Waals surface area contributed by atoms with E-state index in [0.29, 0.717) is 11.6 Å². The average Bonchev–Trinajstić information content (AvgIpc) is 3.34. The summed E-state index contributed by atoms with van der Waals surface area (Å²) in [4.78, 5) is 14.6. The highest BCUT2D eigenvalue weighted by Crippen LogP contribution is 2.39. The van der Waals surface area contributed by atoms with Crippen LogP contribution in [-0.2, 0) is 11.3 Å². The molecule has 6 nitrogen and oxygen atoms in total. The summed E-state index contributed by atoms with van der Waals surface area (Å²) in [7, 11) is 0. The molecule has 0 unspecified atom stereocenters. The van der Waals surface area contributed by atoms with Gasteiger partial charge in [0.2, 0.25) is 0 Å². The zero-order chi connectivity index (χ0) is 16.4. The van der Waals surface area contributed by atoms with E-state index in [1.165, 1.54) is 18.4 Å². The number of benzene rings is 1. The van der Waals surface area contributed by atoms with E-state index in [0.717, 1.165) is 44.2 Å². The first-order chi connectivity index (χ1) is 11.8. The highest BCUT2D eigenvalue weighted by molar-refractivity contribution is 6.02. The fourth-order valence-corrected chi connectivity index (χ4v) is 2.96. The first kappa shape index (κ1) is 15.4. The lowest BCUT2D eigenvalue weighted by atomic mass is 10.2. The molecular weight excluding hydrogens is 304 g/mol. The van der Waals surface area contributed by atoms with Crippen LogP contribution in [0.2, 0.25) is 0 Å². The number of amides is 1. The Hall–Kier alpha value is -2.18. The number of aromatic amines is 1. The van der Waals surface area contributed by atoms with Gasteiger partial charge in [0, 0.05) is 36.9 Å². The maximum atomic E-state index is 12.3. The molecule has 2 fully saturated rings. The van der Waals surface area contributed by atoms with E-state index in [4.69, 9.17) is 4.74 Å². The van der Waals surface area contributed by atoms with Gasteiger partial charge >= 0.3 is 0 Å². The second kappa shape index (κ2) is 6.75. The second-order valence-corrected chi connectivity index (χ2v) is 6.52. The topological polar surface area (TPSA) is 70.2 Å². The molecule has 2 N–H and O–H groups in total. The smallest absolute Gasteiger partial charge is 0.276 e. The van der Waals surface area contributed by atoms with Gasteiger partial charge in [0.1, 0.15) is 0 Å². The Kier molecular flexibility index (Phi) is 4.32. The van der Waals surface area contributed by atoms with Gasteiger partial charge in [0.25, 0.3) is 5.91 Å². The summed E-state index contributed by atoms with van der Waals surface area (Å²) in [5.74, 6) is 0.401. The van der Waals surface area contributed by atoms with Gasteiger partial charge in [0.05, 0.1) is 13.2 Å². The summed E-state index contributed by atoms with van der Waals surface area (Å²) in [6, 6.07) is 9.88. The van der Waals surface area contributed by atoms with E-state index in [9.17, 15) is 4.79 Å². The van der Waals surface area contributed by atoms with Crippen LogP contribution in [0.3, 0.4) is 0 Å². The van der Waals surface area contributed by atoms with E-state index in [1.54, 1.807) is 0 Å². The monoisotopic (exact) mass is 326 g/mol. The maximum Gasteiger partial charge on any atom is 0.276 e. The lowest BCUT2D eigenvalue weighted by Gasteiger charge is -2.26. The fourth-order valence-electron chi connectivity index (χ4n) is 2.96. The number of rotatable bonds is 5. The van der Waals surface area contributed by atoms with Crippen molar-refractivity contribution < 1.29 is 9.53 Å². The molecule has 2 heterocycles. The lowest BCUT2D eigenvalue weighted by molar-refractivity contribution is 0.0342. The Morgan fingerprint density at radius 3 is 2.71 bits per heavy atom. The largest absolute Gasteiger partial charge is 0.379 e. The second-order valence-electron chi connectivity index (χ2n) is 6.52. The number of carbonyl (C=O) groups excluding carboxylic acids is 1. The molecule has 4 rings (SSSR count). The number of H-pyrrole nitrogens is 1. The molecule has 0 bridgehead atoms. The Balaban J connectivity index is 1.34. The highest BCUT2D eigenvalue weighted by Gasteiger charge is 2.26. The maximum absolute atomic E-state index is 12.3. The van der Waals surface area contributed by atoms with Gasteiger partial charge in [-0.2, -0.15) is 5.10 Å². The third kappa shape index (κ3) is 3.66. The summed E-state index contributed by atoms with van der Waals surface area (Å²) >= 11 is 0. The first-order valence-electron chi connectivity index (χ1n) is 8.53.